The van der Waals surface area contributed by atoms with Crippen LogP contribution in [0.1, 0.15) is 54.9 Å². The topological polar surface area (TPSA) is 198 Å². The molecule has 2 unspecified atom stereocenters. The van der Waals surface area contributed by atoms with Crippen molar-refractivity contribution in [2.75, 3.05) is 14.1 Å². The van der Waals surface area contributed by atoms with Gasteiger partial charge in [0.25, 0.3) is 5.16 Å². The number of aliphatic hydroxyl groups is 1. The van der Waals surface area contributed by atoms with Gasteiger partial charge in [-0.1, -0.05) is 136 Å². The highest BCUT2D eigenvalue weighted by molar-refractivity contribution is 9.10. The molecule has 0 bridgehead atoms. The van der Waals surface area contributed by atoms with Crippen molar-refractivity contribution in [2.24, 2.45) is 5.41 Å². The molecule has 0 saturated heterocycles. The molecule has 79 heavy (non-hydrogen) atoms. The number of fused-ring (bicyclic) bond motifs is 1. The minimum absolute atomic E-state index is 0.0844. The Labute approximate surface area is 461 Å². The van der Waals surface area contributed by atoms with Crippen LogP contribution in [0, 0.1) is 18.2 Å². The van der Waals surface area contributed by atoms with Crippen LogP contribution in [-0.4, -0.2) is 94.1 Å². The van der Waals surface area contributed by atoms with E-state index >= 15 is 0 Å². The lowest BCUT2D eigenvalue weighted by Gasteiger charge is -2.36. The predicted octanol–water partition coefficient (Wildman–Crippen LogP) is 10.4. The van der Waals surface area contributed by atoms with Crippen LogP contribution in [0.25, 0.3) is 22.0 Å². The number of benzene rings is 6. The molecule has 4 heterocycles. The second kappa shape index (κ2) is 23.2. The van der Waals surface area contributed by atoms with Crippen molar-refractivity contribution in [1.29, 1.82) is 0 Å². The fourth-order valence-corrected chi connectivity index (χ4v) is 11.2. The van der Waals surface area contributed by atoms with E-state index in [0.717, 1.165) is 49.0 Å². The van der Waals surface area contributed by atoms with E-state index in [1.807, 2.05) is 124 Å². The molecule has 0 radical (unpaired) electrons. The highest BCUT2D eigenvalue weighted by Crippen LogP contribution is 2.42. The first-order chi connectivity index (χ1) is 37.4. The molecule has 4 aromatic heterocycles. The van der Waals surface area contributed by atoms with Gasteiger partial charge in [0, 0.05) is 29.6 Å². The smallest absolute Gasteiger partial charge is 0.416 e. The molecule has 10 aromatic rings. The van der Waals surface area contributed by atoms with Gasteiger partial charge in [0.2, 0.25) is 6.23 Å². The van der Waals surface area contributed by atoms with Crippen LogP contribution < -0.4 is 4.74 Å². The van der Waals surface area contributed by atoms with Gasteiger partial charge in [-0.25, -0.2) is 32.7 Å². The summed E-state index contributed by atoms with van der Waals surface area (Å²) in [5.41, 5.74) is 2.47. The van der Waals surface area contributed by atoms with Crippen molar-refractivity contribution in [3.8, 4) is 16.9 Å². The number of halogens is 5. The lowest BCUT2D eigenvalue weighted by atomic mass is 9.76. The van der Waals surface area contributed by atoms with Gasteiger partial charge in [-0.2, -0.15) is 44.5 Å². The molecule has 0 aliphatic rings. The number of ether oxygens (including phenoxy) is 1. The largest absolute Gasteiger partial charge is 0.466 e. The molecular weight excluding hydrogens is 1130 g/mol. The fraction of sp³-hybridized carbons (Fsp3) is 0.200. The van der Waals surface area contributed by atoms with E-state index in [9.17, 15) is 39.5 Å². The summed E-state index contributed by atoms with van der Waals surface area (Å²) >= 11 is 3.29. The third kappa shape index (κ3) is 12.1. The normalized spacial score (nSPS) is 13.0. The molecule has 10 rings (SSSR count). The molecule has 6 aromatic carbocycles. The molecule has 0 saturated carbocycles. The Bertz CT molecular complexity index is 3830. The maximum atomic E-state index is 13.7. The summed E-state index contributed by atoms with van der Waals surface area (Å²) < 4.78 is 116. The molecule has 0 spiro atoms. The standard InChI is InChI=1S/C22H16F3N3.C20H23N3O2.C13H13BrFN5O4S2/c23-22(24,25)20-13-7-12-19(14-20)21(28-16-26-15-27-28,17-8-3-1-4-9-17)18-10-5-2-6-11-18;1-20(2,3)18(24)19(23-14-21-13-22-23)25-17-11-9-16(10-12-17)15-7-5-4-6-8-15;1-8-12(14)10-5-4-9(15)6-11(10)20(8)25(21,22)13-16-7-19(17-13)26(23,24)18(2)3/h1-16H;4-14,18-19,24H,1-3H3;4-7H,1-3H3. The molecular formula is C55H52BrF4N11O6S2. The number of nitrogens with zero attached hydrogens (tertiary/aromatic N) is 11. The zero-order valence-electron chi connectivity index (χ0n) is 43.2. The second-order valence-corrected chi connectivity index (χ2v) is 23.4. The SMILES string of the molecule is CC(C)(C)C(O)C(Oc1ccc(-c2ccccc2)cc1)n1cncn1.Cc1c(Br)c2ccc(F)cc2n1S(=O)(=O)c1ncn(S(=O)(=O)N(C)C)n1.FC(F)(F)c1cccc(C(c2ccccc2)(c2ccccc2)n2cncn2)c1. The molecule has 0 aliphatic carbocycles. The first-order valence-electron chi connectivity index (χ1n) is 24.0. The fourth-order valence-electron chi connectivity index (χ4n) is 8.44. The zero-order valence-corrected chi connectivity index (χ0v) is 46.4. The monoisotopic (exact) mass is 1180 g/mol. The number of hydrogen-bond acceptors (Lipinski definition) is 12. The highest BCUT2D eigenvalue weighted by Gasteiger charge is 2.41. The van der Waals surface area contributed by atoms with Gasteiger partial charge in [-0.3, -0.25) is 0 Å². The van der Waals surface area contributed by atoms with Crippen LogP contribution in [0.3, 0.4) is 0 Å². The highest BCUT2D eigenvalue weighted by atomic mass is 79.9. The van der Waals surface area contributed by atoms with E-state index in [1.165, 1.54) is 64.3 Å². The van der Waals surface area contributed by atoms with Crippen LogP contribution >= 0.6 is 15.9 Å². The van der Waals surface area contributed by atoms with Crippen molar-refractivity contribution >= 4 is 47.1 Å². The maximum absolute atomic E-state index is 13.7. The number of hydrogen-bond donors (Lipinski definition) is 1. The van der Waals surface area contributed by atoms with Crippen LogP contribution in [0.5, 0.6) is 5.75 Å². The predicted molar refractivity (Wildman–Crippen MR) is 292 cm³/mol. The van der Waals surface area contributed by atoms with Crippen LogP contribution in [0.4, 0.5) is 17.6 Å². The first-order valence-corrected chi connectivity index (χ1v) is 27.6. The Morgan fingerprint density at radius 3 is 1.77 bits per heavy atom. The van der Waals surface area contributed by atoms with Crippen LogP contribution in [0.2, 0.25) is 0 Å². The van der Waals surface area contributed by atoms with Crippen molar-refractivity contribution < 1.29 is 44.2 Å². The summed E-state index contributed by atoms with van der Waals surface area (Å²) in [6.45, 7) is 7.41. The summed E-state index contributed by atoms with van der Waals surface area (Å²) in [6.07, 6.45) is 0.848. The van der Waals surface area contributed by atoms with Gasteiger partial charge in [-0.15, -0.1) is 9.19 Å². The molecule has 0 aliphatic heterocycles. The molecule has 1 N–H and O–H groups in total. The minimum Gasteiger partial charge on any atom is -0.466 e. The Balaban J connectivity index is 0.000000156. The third-order valence-corrected chi connectivity index (χ3v) is 16.7. The summed E-state index contributed by atoms with van der Waals surface area (Å²) in [7, 11) is -5.84. The Morgan fingerprint density at radius 1 is 0.671 bits per heavy atom. The van der Waals surface area contributed by atoms with Crippen molar-refractivity contribution in [3.05, 3.63) is 228 Å². The van der Waals surface area contributed by atoms with Gasteiger partial charge >= 0.3 is 26.4 Å². The van der Waals surface area contributed by atoms with Gasteiger partial charge in [0.1, 0.15) is 54.8 Å². The van der Waals surface area contributed by atoms with E-state index in [-0.39, 0.29) is 16.6 Å². The molecule has 410 valence electrons. The zero-order chi connectivity index (χ0) is 56.9. The maximum Gasteiger partial charge on any atom is 0.416 e. The summed E-state index contributed by atoms with van der Waals surface area (Å²) in [5, 5.41) is 22.5. The van der Waals surface area contributed by atoms with E-state index in [2.05, 4.69) is 58.3 Å². The number of aliphatic hydroxyl groups excluding tert-OH is 1. The molecule has 0 amide bonds. The van der Waals surface area contributed by atoms with E-state index in [4.69, 9.17) is 4.74 Å². The Kier molecular flexibility index (Phi) is 16.8. The summed E-state index contributed by atoms with van der Waals surface area (Å²) in [5.74, 6) is 0.0519. The van der Waals surface area contributed by atoms with Crippen LogP contribution in [0.15, 0.2) is 199 Å². The molecule has 2 atom stereocenters. The quantitative estimate of drug-likeness (QED) is 0.0848. The van der Waals surface area contributed by atoms with E-state index < -0.39 is 60.8 Å². The van der Waals surface area contributed by atoms with E-state index in [0.29, 0.717) is 25.3 Å². The van der Waals surface area contributed by atoms with Crippen molar-refractivity contribution in [2.45, 2.75) is 56.9 Å². The van der Waals surface area contributed by atoms with Gasteiger partial charge in [0.05, 0.1) is 11.1 Å². The molecule has 0 fully saturated rings. The summed E-state index contributed by atoms with van der Waals surface area (Å²) in [6, 6.07) is 45.8. The van der Waals surface area contributed by atoms with Crippen LogP contribution in [-0.2, 0) is 31.9 Å². The lowest BCUT2D eigenvalue weighted by molar-refractivity contribution is -0.137. The third-order valence-electron chi connectivity index (χ3n) is 12.5. The average molecular weight is 1180 g/mol. The molecule has 24 heteroatoms. The van der Waals surface area contributed by atoms with E-state index in [1.54, 1.807) is 21.8 Å². The Morgan fingerprint density at radius 2 is 1.23 bits per heavy atom. The number of alkyl halides is 3. The molecule has 17 nitrogen and oxygen atoms in total. The van der Waals surface area contributed by atoms with Crippen molar-refractivity contribution in [3.63, 3.8) is 0 Å². The Hall–Kier alpha value is -7.90. The number of rotatable bonds is 13. The average Bonchev–Trinajstić information content (AvgIpc) is 4.50. The lowest BCUT2D eigenvalue weighted by Crippen LogP contribution is -2.38. The second-order valence-electron chi connectivity index (χ2n) is 19.0. The summed E-state index contributed by atoms with van der Waals surface area (Å²) in [4.78, 5) is 11.6. The minimum atomic E-state index is -4.45. The van der Waals surface area contributed by atoms with Gasteiger partial charge in [-0.05, 0) is 98.6 Å². The van der Waals surface area contributed by atoms with Crippen molar-refractivity contribution in [1.82, 2.24) is 52.0 Å². The van der Waals surface area contributed by atoms with Gasteiger partial charge < -0.3 is 9.84 Å². The first kappa shape index (κ1) is 57.3. The van der Waals surface area contributed by atoms with Gasteiger partial charge in [0.15, 0.2) is 0 Å². The number of aromatic nitrogens is 10.